The lowest BCUT2D eigenvalue weighted by atomic mass is 9.97. The van der Waals surface area contributed by atoms with Crippen molar-refractivity contribution in [3.05, 3.63) is 53.6 Å². The van der Waals surface area contributed by atoms with Crippen LogP contribution in [0.1, 0.15) is 11.1 Å². The predicted molar refractivity (Wildman–Crippen MR) is 104 cm³/mol. The minimum atomic E-state index is -0.102. The van der Waals surface area contributed by atoms with Gasteiger partial charge < -0.3 is 19.7 Å². The van der Waals surface area contributed by atoms with Gasteiger partial charge in [0.25, 0.3) is 0 Å². The van der Waals surface area contributed by atoms with Gasteiger partial charge in [0, 0.05) is 32.2 Å². The number of para-hydroxylation sites is 1. The van der Waals surface area contributed by atoms with Gasteiger partial charge >= 0.3 is 6.03 Å². The van der Waals surface area contributed by atoms with E-state index in [9.17, 15) is 4.79 Å². The lowest BCUT2D eigenvalue weighted by Crippen LogP contribution is -2.62. The minimum Gasteiger partial charge on any atom is -0.493 e. The van der Waals surface area contributed by atoms with Crippen LogP contribution in [0.15, 0.2) is 42.5 Å². The molecule has 2 aliphatic heterocycles. The molecular formula is C21H25N3O3. The van der Waals surface area contributed by atoms with Gasteiger partial charge in [0.2, 0.25) is 0 Å². The number of hydrogen-bond donors (Lipinski definition) is 1. The number of carbonyl (C=O) groups excluding carboxylic acids is 1. The maximum atomic E-state index is 12.6. The summed E-state index contributed by atoms with van der Waals surface area (Å²) in [5, 5.41) is 2.94. The summed E-state index contributed by atoms with van der Waals surface area (Å²) in [4.78, 5) is 16.9. The zero-order valence-corrected chi connectivity index (χ0v) is 15.8. The highest BCUT2D eigenvalue weighted by Gasteiger charge is 2.36. The van der Waals surface area contributed by atoms with Crippen LogP contribution in [0.2, 0.25) is 0 Å². The molecule has 2 aromatic carbocycles. The third kappa shape index (κ3) is 3.45. The Morgan fingerprint density at radius 1 is 1.04 bits per heavy atom. The molecule has 0 atom stereocenters. The average molecular weight is 367 g/mol. The Kier molecular flexibility index (Phi) is 4.90. The van der Waals surface area contributed by atoms with E-state index in [0.29, 0.717) is 23.2 Å². The fourth-order valence-corrected chi connectivity index (χ4v) is 3.86. The maximum absolute atomic E-state index is 12.6. The molecule has 0 unspecified atom stereocenters. The monoisotopic (exact) mass is 367 g/mol. The average Bonchev–Trinajstić information content (AvgIpc) is 2.66. The highest BCUT2D eigenvalue weighted by molar-refractivity contribution is 5.92. The Morgan fingerprint density at radius 2 is 1.81 bits per heavy atom. The molecule has 0 spiro atoms. The van der Waals surface area contributed by atoms with E-state index in [2.05, 4.69) is 34.5 Å². The number of urea groups is 1. The molecule has 0 bridgehead atoms. The summed E-state index contributed by atoms with van der Waals surface area (Å²) in [6, 6.07) is 14.4. The molecular weight excluding hydrogens is 342 g/mol. The van der Waals surface area contributed by atoms with Gasteiger partial charge in [-0.2, -0.15) is 0 Å². The molecule has 0 aromatic heterocycles. The van der Waals surface area contributed by atoms with Crippen LogP contribution in [-0.2, 0) is 13.0 Å². The second-order valence-corrected chi connectivity index (χ2v) is 7.02. The normalized spacial score (nSPS) is 17.0. The van der Waals surface area contributed by atoms with E-state index < -0.39 is 0 Å². The zero-order valence-electron chi connectivity index (χ0n) is 15.8. The van der Waals surface area contributed by atoms with Crippen molar-refractivity contribution in [3.8, 4) is 11.5 Å². The Bertz CT molecular complexity index is 833. The summed E-state index contributed by atoms with van der Waals surface area (Å²) >= 11 is 0. The van der Waals surface area contributed by atoms with Crippen LogP contribution in [0, 0.1) is 0 Å². The number of nitrogens with zero attached hydrogens (tertiary/aromatic N) is 2. The third-order valence-corrected chi connectivity index (χ3v) is 5.47. The molecule has 142 valence electrons. The first-order chi connectivity index (χ1) is 13.2. The van der Waals surface area contributed by atoms with E-state index in [1.807, 2.05) is 23.1 Å². The molecule has 2 aromatic rings. The van der Waals surface area contributed by atoms with Gasteiger partial charge in [0.05, 0.1) is 19.9 Å². The molecule has 0 saturated carbocycles. The van der Waals surface area contributed by atoms with Crippen molar-refractivity contribution >= 4 is 11.7 Å². The largest absolute Gasteiger partial charge is 0.493 e. The number of ether oxygens (including phenoxy) is 2. The van der Waals surface area contributed by atoms with Crippen molar-refractivity contribution in [1.82, 2.24) is 9.80 Å². The quantitative estimate of drug-likeness (QED) is 0.903. The first-order valence-corrected chi connectivity index (χ1v) is 9.27. The van der Waals surface area contributed by atoms with Crippen molar-refractivity contribution < 1.29 is 14.3 Å². The number of nitrogens with one attached hydrogen (secondary N) is 1. The smallest absolute Gasteiger partial charge is 0.322 e. The van der Waals surface area contributed by atoms with Gasteiger partial charge in [-0.25, -0.2) is 4.79 Å². The van der Waals surface area contributed by atoms with Crippen LogP contribution in [0.25, 0.3) is 0 Å². The van der Waals surface area contributed by atoms with Gasteiger partial charge in [-0.1, -0.05) is 30.3 Å². The second-order valence-electron chi connectivity index (χ2n) is 7.02. The number of anilines is 1. The molecule has 6 heteroatoms. The van der Waals surface area contributed by atoms with Crippen molar-refractivity contribution in [2.45, 2.75) is 19.0 Å². The Balaban J connectivity index is 1.34. The first kappa shape index (κ1) is 17.7. The lowest BCUT2D eigenvalue weighted by molar-refractivity contribution is 0.0528. The number of carbonyl (C=O) groups is 1. The Hall–Kier alpha value is -2.73. The van der Waals surface area contributed by atoms with Gasteiger partial charge in [0.15, 0.2) is 11.5 Å². The van der Waals surface area contributed by atoms with Gasteiger partial charge in [-0.15, -0.1) is 0 Å². The zero-order chi connectivity index (χ0) is 18.8. The number of amides is 2. The number of benzene rings is 2. The molecule has 4 rings (SSSR count). The highest BCUT2D eigenvalue weighted by Crippen LogP contribution is 2.35. The van der Waals surface area contributed by atoms with Crippen LogP contribution in [-0.4, -0.2) is 55.7 Å². The van der Waals surface area contributed by atoms with Gasteiger partial charge in [-0.3, -0.25) is 4.90 Å². The summed E-state index contributed by atoms with van der Waals surface area (Å²) in [7, 11) is 3.15. The van der Waals surface area contributed by atoms with E-state index in [-0.39, 0.29) is 6.03 Å². The van der Waals surface area contributed by atoms with Gasteiger partial charge in [0.1, 0.15) is 0 Å². The molecule has 2 amide bonds. The molecule has 27 heavy (non-hydrogen) atoms. The van der Waals surface area contributed by atoms with E-state index in [1.165, 1.54) is 11.1 Å². The van der Waals surface area contributed by atoms with Crippen molar-refractivity contribution in [3.63, 3.8) is 0 Å². The van der Waals surface area contributed by atoms with Crippen LogP contribution in [0.4, 0.5) is 10.5 Å². The Labute approximate surface area is 159 Å². The SMILES string of the molecule is COc1cccc(NC(=O)N2CC(N3CCc4ccccc4C3)C2)c1OC. The summed E-state index contributed by atoms with van der Waals surface area (Å²) < 4.78 is 10.7. The molecule has 2 aliphatic rings. The summed E-state index contributed by atoms with van der Waals surface area (Å²) in [5.74, 6) is 1.14. The molecule has 0 aliphatic carbocycles. The molecule has 1 saturated heterocycles. The maximum Gasteiger partial charge on any atom is 0.322 e. The number of rotatable bonds is 4. The van der Waals surface area contributed by atoms with Crippen molar-refractivity contribution in [2.24, 2.45) is 0 Å². The molecule has 6 nitrogen and oxygen atoms in total. The first-order valence-electron chi connectivity index (χ1n) is 9.27. The summed E-state index contributed by atoms with van der Waals surface area (Å²) in [5.41, 5.74) is 3.48. The van der Waals surface area contributed by atoms with Crippen molar-refractivity contribution in [2.75, 3.05) is 39.2 Å². The second kappa shape index (κ2) is 7.48. The van der Waals surface area contributed by atoms with E-state index in [0.717, 1.165) is 32.6 Å². The molecule has 1 N–H and O–H groups in total. The number of fused-ring (bicyclic) bond motifs is 1. The Morgan fingerprint density at radius 3 is 2.56 bits per heavy atom. The van der Waals surface area contributed by atoms with Crippen LogP contribution >= 0.6 is 0 Å². The summed E-state index contributed by atoms with van der Waals surface area (Å²) in [6.45, 7) is 3.53. The topological polar surface area (TPSA) is 54.0 Å². The number of methoxy groups -OCH3 is 2. The van der Waals surface area contributed by atoms with E-state index in [1.54, 1.807) is 14.2 Å². The highest BCUT2D eigenvalue weighted by atomic mass is 16.5. The molecule has 1 fully saturated rings. The number of likely N-dealkylation sites (tertiary alicyclic amines) is 1. The summed E-state index contributed by atoms with van der Waals surface area (Å²) in [6.07, 6.45) is 1.08. The van der Waals surface area contributed by atoms with E-state index >= 15 is 0 Å². The molecule has 0 radical (unpaired) electrons. The minimum absolute atomic E-state index is 0.102. The lowest BCUT2D eigenvalue weighted by Gasteiger charge is -2.46. The molecule has 2 heterocycles. The van der Waals surface area contributed by atoms with Crippen LogP contribution in [0.5, 0.6) is 11.5 Å². The standard InChI is InChI=1S/C21H25N3O3/c1-26-19-9-5-8-18(20(19)27-2)22-21(25)24-13-17(14-24)23-11-10-15-6-3-4-7-16(15)12-23/h3-9,17H,10-14H2,1-2H3,(H,22,25). The van der Waals surface area contributed by atoms with Crippen LogP contribution < -0.4 is 14.8 Å². The predicted octanol–water partition coefficient (Wildman–Crippen LogP) is 2.98. The van der Waals surface area contributed by atoms with Gasteiger partial charge in [-0.05, 0) is 29.7 Å². The fourth-order valence-electron chi connectivity index (χ4n) is 3.86. The fraction of sp³-hybridized carbons (Fsp3) is 0.381. The van der Waals surface area contributed by atoms with Crippen molar-refractivity contribution in [1.29, 1.82) is 0 Å². The number of hydrogen-bond acceptors (Lipinski definition) is 4. The van der Waals surface area contributed by atoms with Crippen LogP contribution in [0.3, 0.4) is 0 Å². The third-order valence-electron chi connectivity index (χ3n) is 5.47. The van der Waals surface area contributed by atoms with E-state index in [4.69, 9.17) is 9.47 Å².